The van der Waals surface area contributed by atoms with Crippen LogP contribution in [-0.2, 0) is 0 Å². The van der Waals surface area contributed by atoms with E-state index < -0.39 is 0 Å². The second-order valence-corrected chi connectivity index (χ2v) is 4.76. The minimum Gasteiger partial charge on any atom is -0.314 e. The van der Waals surface area contributed by atoms with Gasteiger partial charge in [-0.1, -0.05) is 26.0 Å². The summed E-state index contributed by atoms with van der Waals surface area (Å²) in [5.74, 6) is 1.09. The second-order valence-electron chi connectivity index (χ2n) is 4.76. The van der Waals surface area contributed by atoms with Crippen LogP contribution in [0.4, 0.5) is 4.39 Å². The van der Waals surface area contributed by atoms with Gasteiger partial charge in [-0.05, 0) is 48.9 Å². The third-order valence-electron chi connectivity index (χ3n) is 3.82. The van der Waals surface area contributed by atoms with Crippen LogP contribution in [0, 0.1) is 11.7 Å². The van der Waals surface area contributed by atoms with Crippen molar-refractivity contribution in [1.82, 2.24) is 5.32 Å². The number of benzene rings is 1. The molecule has 2 heteroatoms. The van der Waals surface area contributed by atoms with Crippen LogP contribution in [0.5, 0.6) is 0 Å². The normalized spacial score (nSPS) is 29.6. The summed E-state index contributed by atoms with van der Waals surface area (Å²) >= 11 is 0. The van der Waals surface area contributed by atoms with Gasteiger partial charge in [0.1, 0.15) is 5.82 Å². The minimum absolute atomic E-state index is 0.141. The lowest BCUT2D eigenvalue weighted by Gasteiger charge is -2.21. The molecule has 1 aliphatic carbocycles. The second kappa shape index (κ2) is 4.96. The molecule has 0 aliphatic heterocycles. The molecular weight excluding hydrogens is 201 g/mol. The molecule has 1 N–H and O–H groups in total. The Balaban J connectivity index is 2.08. The van der Waals surface area contributed by atoms with Gasteiger partial charge < -0.3 is 5.32 Å². The van der Waals surface area contributed by atoms with E-state index in [1.165, 1.54) is 18.4 Å². The molecule has 0 saturated heterocycles. The van der Waals surface area contributed by atoms with Crippen LogP contribution in [0.25, 0.3) is 0 Å². The first kappa shape index (κ1) is 11.6. The van der Waals surface area contributed by atoms with E-state index in [0.717, 1.165) is 6.54 Å². The summed E-state index contributed by atoms with van der Waals surface area (Å²) in [4.78, 5) is 0. The van der Waals surface area contributed by atoms with Crippen LogP contribution < -0.4 is 5.32 Å². The molecule has 2 rings (SSSR count). The summed E-state index contributed by atoms with van der Waals surface area (Å²) in [6.07, 6.45) is 2.45. The maximum absolute atomic E-state index is 12.9. The molecule has 0 bridgehead atoms. The van der Waals surface area contributed by atoms with Gasteiger partial charge in [0.05, 0.1) is 0 Å². The van der Waals surface area contributed by atoms with Crippen LogP contribution in [0.1, 0.15) is 38.2 Å². The van der Waals surface area contributed by atoms with Crippen molar-refractivity contribution in [3.8, 4) is 0 Å². The van der Waals surface area contributed by atoms with Crippen molar-refractivity contribution < 1.29 is 4.39 Å². The number of halogens is 1. The highest BCUT2D eigenvalue weighted by atomic mass is 19.1. The van der Waals surface area contributed by atoms with Crippen molar-refractivity contribution in [2.24, 2.45) is 5.92 Å². The van der Waals surface area contributed by atoms with Crippen molar-refractivity contribution >= 4 is 0 Å². The number of hydrogen-bond acceptors (Lipinski definition) is 1. The SMILES string of the molecule is CCNC1CCC(c2ccc(F)cc2)C1C. The van der Waals surface area contributed by atoms with Gasteiger partial charge in [-0.25, -0.2) is 4.39 Å². The number of hydrogen-bond donors (Lipinski definition) is 1. The van der Waals surface area contributed by atoms with Crippen molar-refractivity contribution in [3.63, 3.8) is 0 Å². The van der Waals surface area contributed by atoms with E-state index >= 15 is 0 Å². The predicted octanol–water partition coefficient (Wildman–Crippen LogP) is 3.32. The molecule has 0 heterocycles. The lowest BCUT2D eigenvalue weighted by Crippen LogP contribution is -2.32. The quantitative estimate of drug-likeness (QED) is 0.825. The molecule has 3 unspecified atom stereocenters. The highest BCUT2D eigenvalue weighted by Crippen LogP contribution is 2.39. The third kappa shape index (κ3) is 2.27. The Morgan fingerprint density at radius 2 is 1.94 bits per heavy atom. The van der Waals surface area contributed by atoms with Crippen molar-refractivity contribution in [2.75, 3.05) is 6.54 Å². The van der Waals surface area contributed by atoms with Gasteiger partial charge in [0.2, 0.25) is 0 Å². The number of nitrogens with one attached hydrogen (secondary N) is 1. The summed E-state index contributed by atoms with van der Waals surface area (Å²) in [7, 11) is 0. The first-order chi connectivity index (χ1) is 7.72. The predicted molar refractivity (Wildman–Crippen MR) is 65.0 cm³/mol. The molecule has 1 aromatic carbocycles. The van der Waals surface area contributed by atoms with Crippen LogP contribution in [0.15, 0.2) is 24.3 Å². The van der Waals surface area contributed by atoms with Gasteiger partial charge in [-0.3, -0.25) is 0 Å². The summed E-state index contributed by atoms with van der Waals surface area (Å²) in [6.45, 7) is 5.48. The molecule has 3 atom stereocenters. The fourth-order valence-electron chi connectivity index (χ4n) is 2.90. The number of rotatable bonds is 3. The van der Waals surface area contributed by atoms with E-state index in [-0.39, 0.29) is 5.82 Å². The maximum atomic E-state index is 12.9. The fraction of sp³-hybridized carbons (Fsp3) is 0.571. The zero-order valence-corrected chi connectivity index (χ0v) is 10.0. The summed E-state index contributed by atoms with van der Waals surface area (Å²) in [6, 6.07) is 7.64. The topological polar surface area (TPSA) is 12.0 Å². The Morgan fingerprint density at radius 1 is 1.25 bits per heavy atom. The van der Waals surface area contributed by atoms with Crippen LogP contribution in [0.2, 0.25) is 0 Å². The van der Waals surface area contributed by atoms with Gasteiger partial charge >= 0.3 is 0 Å². The van der Waals surface area contributed by atoms with Crippen LogP contribution >= 0.6 is 0 Å². The zero-order valence-electron chi connectivity index (χ0n) is 10.0. The minimum atomic E-state index is -0.141. The Morgan fingerprint density at radius 3 is 2.56 bits per heavy atom. The molecule has 1 nitrogen and oxygen atoms in total. The molecular formula is C14H20FN. The zero-order chi connectivity index (χ0) is 11.5. The summed E-state index contributed by atoms with van der Waals surface area (Å²) in [5, 5.41) is 3.53. The highest BCUT2D eigenvalue weighted by molar-refractivity contribution is 5.23. The average molecular weight is 221 g/mol. The Labute approximate surface area is 97.1 Å². The molecule has 16 heavy (non-hydrogen) atoms. The molecule has 1 aromatic rings. The maximum Gasteiger partial charge on any atom is 0.123 e. The van der Waals surface area contributed by atoms with E-state index in [1.54, 1.807) is 12.1 Å². The third-order valence-corrected chi connectivity index (χ3v) is 3.82. The lowest BCUT2D eigenvalue weighted by molar-refractivity contribution is 0.412. The largest absolute Gasteiger partial charge is 0.314 e. The van der Waals surface area contributed by atoms with Crippen molar-refractivity contribution in [1.29, 1.82) is 0 Å². The van der Waals surface area contributed by atoms with E-state index in [4.69, 9.17) is 0 Å². The Kier molecular flexibility index (Phi) is 3.59. The van der Waals surface area contributed by atoms with Crippen LogP contribution in [0.3, 0.4) is 0 Å². The molecule has 0 amide bonds. The van der Waals surface area contributed by atoms with E-state index in [9.17, 15) is 4.39 Å². The first-order valence-electron chi connectivity index (χ1n) is 6.21. The monoisotopic (exact) mass is 221 g/mol. The summed E-state index contributed by atoms with van der Waals surface area (Å²) < 4.78 is 12.9. The van der Waals surface area contributed by atoms with Gasteiger partial charge in [0.15, 0.2) is 0 Å². The van der Waals surface area contributed by atoms with E-state index in [0.29, 0.717) is 17.9 Å². The van der Waals surface area contributed by atoms with Crippen molar-refractivity contribution in [2.45, 2.75) is 38.6 Å². The molecule has 0 spiro atoms. The van der Waals surface area contributed by atoms with Gasteiger partial charge in [0, 0.05) is 6.04 Å². The Bertz CT molecular complexity index is 333. The standard InChI is InChI=1S/C14H20FN/c1-3-16-14-9-8-13(10(14)2)11-4-6-12(15)7-5-11/h4-7,10,13-14,16H,3,8-9H2,1-2H3. The highest BCUT2D eigenvalue weighted by Gasteiger charge is 2.32. The molecule has 1 fully saturated rings. The molecule has 1 saturated carbocycles. The van der Waals surface area contributed by atoms with Crippen LogP contribution in [-0.4, -0.2) is 12.6 Å². The fourth-order valence-corrected chi connectivity index (χ4v) is 2.90. The molecule has 1 aliphatic rings. The first-order valence-corrected chi connectivity index (χ1v) is 6.21. The smallest absolute Gasteiger partial charge is 0.123 e. The molecule has 0 aromatic heterocycles. The average Bonchev–Trinajstić information content (AvgIpc) is 2.63. The van der Waals surface area contributed by atoms with Crippen molar-refractivity contribution in [3.05, 3.63) is 35.6 Å². The van der Waals surface area contributed by atoms with Gasteiger partial charge in [-0.2, -0.15) is 0 Å². The van der Waals surface area contributed by atoms with E-state index in [1.807, 2.05) is 12.1 Å². The molecule has 88 valence electrons. The Hall–Kier alpha value is -0.890. The van der Waals surface area contributed by atoms with Gasteiger partial charge in [0.25, 0.3) is 0 Å². The van der Waals surface area contributed by atoms with E-state index in [2.05, 4.69) is 19.2 Å². The molecule has 0 radical (unpaired) electrons. The lowest BCUT2D eigenvalue weighted by atomic mass is 9.89. The van der Waals surface area contributed by atoms with Gasteiger partial charge in [-0.15, -0.1) is 0 Å². The summed E-state index contributed by atoms with van der Waals surface area (Å²) in [5.41, 5.74) is 1.29.